The molecule has 0 bridgehead atoms. The zero-order valence-electron chi connectivity index (χ0n) is 21.4. The number of rotatable bonds is 4. The van der Waals surface area contributed by atoms with Crippen LogP contribution in [0.15, 0.2) is 133 Å². The summed E-state index contributed by atoms with van der Waals surface area (Å²) in [6, 6.07) is 40.0. The molecule has 2 unspecified atom stereocenters. The number of halogens is 2. The molecule has 0 aliphatic rings. The summed E-state index contributed by atoms with van der Waals surface area (Å²) in [5.74, 6) is 12.4. The van der Waals surface area contributed by atoms with Crippen LogP contribution >= 0.6 is 23.2 Å². The second-order valence-corrected chi connectivity index (χ2v) is 10.1. The van der Waals surface area contributed by atoms with Crippen LogP contribution < -0.4 is 0 Å². The van der Waals surface area contributed by atoms with E-state index in [4.69, 9.17) is 23.2 Å². The lowest BCUT2D eigenvalue weighted by Crippen LogP contribution is -2.25. The molecule has 5 aromatic rings. The Bertz CT molecular complexity index is 1600. The van der Waals surface area contributed by atoms with E-state index in [1.807, 2.05) is 84.9 Å². The third-order valence-corrected chi connectivity index (χ3v) is 7.05. The minimum absolute atomic E-state index is 0.576. The fourth-order valence-electron chi connectivity index (χ4n) is 4.36. The van der Waals surface area contributed by atoms with E-state index < -0.39 is 11.2 Å². The summed E-state index contributed by atoms with van der Waals surface area (Å²) in [5, 5.41) is 24.7. The molecule has 2 atom stereocenters. The van der Waals surface area contributed by atoms with Gasteiger partial charge in [0.25, 0.3) is 0 Å². The molecule has 2 N–H and O–H groups in total. The van der Waals surface area contributed by atoms with E-state index in [1.54, 1.807) is 48.5 Å². The van der Waals surface area contributed by atoms with Crippen LogP contribution in [0.1, 0.15) is 33.4 Å². The third kappa shape index (κ3) is 5.98. The standard InChI is InChI=1S/C36H24Cl2O2/c37-33-18-14-31(15-19-33)35(39,29-10-3-1-4-11-29)24-22-27-8-7-9-28(26-27)23-25-36(40,30-12-5-2-6-13-30)32-16-20-34(38)21-17-32/h1-21,26,39-40H. The van der Waals surface area contributed by atoms with Crippen LogP contribution in [-0.2, 0) is 11.2 Å². The maximum Gasteiger partial charge on any atom is 0.177 e. The minimum atomic E-state index is -1.55. The first-order valence-electron chi connectivity index (χ1n) is 12.6. The largest absolute Gasteiger partial charge is 0.369 e. The summed E-state index contributed by atoms with van der Waals surface area (Å²) in [4.78, 5) is 0. The molecule has 40 heavy (non-hydrogen) atoms. The predicted molar refractivity (Wildman–Crippen MR) is 162 cm³/mol. The van der Waals surface area contributed by atoms with Crippen LogP contribution in [0.5, 0.6) is 0 Å². The maximum absolute atomic E-state index is 11.8. The predicted octanol–water partition coefficient (Wildman–Crippen LogP) is 7.57. The van der Waals surface area contributed by atoms with Crippen molar-refractivity contribution in [1.82, 2.24) is 0 Å². The highest BCUT2D eigenvalue weighted by Gasteiger charge is 2.30. The first kappa shape index (κ1) is 27.3. The average molecular weight is 559 g/mol. The van der Waals surface area contributed by atoms with Crippen LogP contribution in [0, 0.1) is 23.7 Å². The van der Waals surface area contributed by atoms with Gasteiger partial charge in [-0.1, -0.05) is 138 Å². The van der Waals surface area contributed by atoms with Gasteiger partial charge in [-0.25, -0.2) is 0 Å². The zero-order chi connectivity index (χ0) is 28.0. The third-order valence-electron chi connectivity index (χ3n) is 6.55. The highest BCUT2D eigenvalue weighted by Crippen LogP contribution is 2.31. The quantitative estimate of drug-likeness (QED) is 0.223. The van der Waals surface area contributed by atoms with Gasteiger partial charge in [-0.3, -0.25) is 0 Å². The van der Waals surface area contributed by atoms with Gasteiger partial charge in [0.2, 0.25) is 0 Å². The Hall–Kier alpha value is -4.28. The molecule has 2 nitrogen and oxygen atoms in total. The van der Waals surface area contributed by atoms with Gasteiger partial charge in [0.05, 0.1) is 0 Å². The molecule has 0 aliphatic carbocycles. The summed E-state index contributed by atoms with van der Waals surface area (Å²) in [6.45, 7) is 0. The Morgan fingerprint density at radius 3 is 1.15 bits per heavy atom. The van der Waals surface area contributed by atoms with E-state index in [0.29, 0.717) is 43.4 Å². The van der Waals surface area contributed by atoms with E-state index >= 15 is 0 Å². The molecule has 0 aliphatic heterocycles. The summed E-state index contributed by atoms with van der Waals surface area (Å²) in [5.41, 5.74) is 0.777. The van der Waals surface area contributed by atoms with Crippen molar-refractivity contribution in [2.75, 3.05) is 0 Å². The summed E-state index contributed by atoms with van der Waals surface area (Å²) in [7, 11) is 0. The van der Waals surface area contributed by atoms with Crippen molar-refractivity contribution in [1.29, 1.82) is 0 Å². The molecule has 194 valence electrons. The second kappa shape index (κ2) is 11.8. The van der Waals surface area contributed by atoms with E-state index in [2.05, 4.69) is 23.7 Å². The monoisotopic (exact) mass is 558 g/mol. The normalized spacial score (nSPS) is 13.5. The van der Waals surface area contributed by atoms with Crippen LogP contribution in [0.25, 0.3) is 0 Å². The van der Waals surface area contributed by atoms with Crippen molar-refractivity contribution in [3.8, 4) is 23.7 Å². The molecule has 0 amide bonds. The maximum atomic E-state index is 11.8. The smallest absolute Gasteiger partial charge is 0.177 e. The van der Waals surface area contributed by atoms with E-state index in [9.17, 15) is 10.2 Å². The van der Waals surface area contributed by atoms with Gasteiger partial charge in [0.1, 0.15) is 0 Å². The Labute approximate surface area is 244 Å². The molecule has 0 saturated carbocycles. The summed E-state index contributed by atoms with van der Waals surface area (Å²) < 4.78 is 0. The van der Waals surface area contributed by atoms with Crippen molar-refractivity contribution in [3.63, 3.8) is 0 Å². The van der Waals surface area contributed by atoms with Gasteiger partial charge in [-0.05, 0) is 42.5 Å². The molecule has 0 aromatic heterocycles. The summed E-state index contributed by atoms with van der Waals surface area (Å²) >= 11 is 12.2. The molecule has 4 heteroatoms. The summed E-state index contributed by atoms with van der Waals surface area (Å²) in [6.07, 6.45) is 0. The lowest BCUT2D eigenvalue weighted by molar-refractivity contribution is 0.145. The fourth-order valence-corrected chi connectivity index (χ4v) is 4.61. The van der Waals surface area contributed by atoms with Gasteiger partial charge < -0.3 is 10.2 Å². The van der Waals surface area contributed by atoms with Crippen LogP contribution in [-0.4, -0.2) is 10.2 Å². The van der Waals surface area contributed by atoms with Gasteiger partial charge in [0.15, 0.2) is 11.2 Å². The number of hydrogen-bond donors (Lipinski definition) is 2. The molecule has 5 rings (SSSR count). The Kier molecular flexibility index (Phi) is 8.09. The van der Waals surface area contributed by atoms with Gasteiger partial charge >= 0.3 is 0 Å². The topological polar surface area (TPSA) is 40.5 Å². The number of benzene rings is 5. The molecular weight excluding hydrogens is 535 g/mol. The Morgan fingerprint density at radius 1 is 0.425 bits per heavy atom. The molecule has 0 fully saturated rings. The van der Waals surface area contributed by atoms with Crippen molar-refractivity contribution < 1.29 is 10.2 Å². The van der Waals surface area contributed by atoms with Gasteiger partial charge in [-0.2, -0.15) is 0 Å². The van der Waals surface area contributed by atoms with Crippen LogP contribution in [0.2, 0.25) is 10.0 Å². The van der Waals surface area contributed by atoms with E-state index in [0.717, 1.165) is 0 Å². The lowest BCUT2D eigenvalue weighted by atomic mass is 9.86. The molecule has 0 heterocycles. The van der Waals surface area contributed by atoms with E-state index in [-0.39, 0.29) is 0 Å². The average Bonchev–Trinajstić information content (AvgIpc) is 3.00. The zero-order valence-corrected chi connectivity index (χ0v) is 22.9. The number of hydrogen-bond acceptors (Lipinski definition) is 2. The number of aliphatic hydroxyl groups is 2. The van der Waals surface area contributed by atoms with Crippen molar-refractivity contribution in [2.45, 2.75) is 11.2 Å². The van der Waals surface area contributed by atoms with Crippen molar-refractivity contribution in [3.05, 3.63) is 177 Å². The first-order valence-corrected chi connectivity index (χ1v) is 13.4. The molecule has 0 radical (unpaired) electrons. The highest BCUT2D eigenvalue weighted by molar-refractivity contribution is 6.30. The molecule has 5 aromatic carbocycles. The van der Waals surface area contributed by atoms with Crippen molar-refractivity contribution in [2.24, 2.45) is 0 Å². The molecule has 0 spiro atoms. The molecular formula is C36H24Cl2O2. The molecule has 0 saturated heterocycles. The van der Waals surface area contributed by atoms with Gasteiger partial charge in [0, 0.05) is 43.4 Å². The van der Waals surface area contributed by atoms with Crippen LogP contribution in [0.4, 0.5) is 0 Å². The Balaban J connectivity index is 1.53. The SMILES string of the molecule is OC(C#Cc1cccc(C#CC(O)(c2ccccc2)c2ccc(Cl)cc2)c1)(c1ccccc1)c1ccc(Cl)cc1. The van der Waals surface area contributed by atoms with Gasteiger partial charge in [-0.15, -0.1) is 0 Å². The fraction of sp³-hybridized carbons (Fsp3) is 0.0556. The first-order chi connectivity index (χ1) is 19.4. The van der Waals surface area contributed by atoms with E-state index in [1.165, 1.54) is 0 Å². The van der Waals surface area contributed by atoms with Crippen molar-refractivity contribution >= 4 is 23.2 Å². The Morgan fingerprint density at radius 2 is 0.775 bits per heavy atom. The highest BCUT2D eigenvalue weighted by atomic mass is 35.5. The van der Waals surface area contributed by atoms with Crippen LogP contribution in [0.3, 0.4) is 0 Å². The second-order valence-electron chi connectivity index (χ2n) is 9.25. The minimum Gasteiger partial charge on any atom is -0.369 e. The lowest BCUT2D eigenvalue weighted by Gasteiger charge is -2.23.